The SMILES string of the molecule is CC[C@@H]([C@H]1CC[C@]2(C)[C@@H]3Cc4ccc(OC)cc4C12CCN3C(=O)OC(C)(C)C)N(C)C=O. The molecule has 0 spiro atoms. The van der Waals surface area contributed by atoms with Crippen LogP contribution in [0.2, 0.25) is 0 Å². The summed E-state index contributed by atoms with van der Waals surface area (Å²) in [5.41, 5.74) is 1.93. The number of likely N-dealkylation sites (tertiary alicyclic amines) is 1. The fourth-order valence-corrected chi connectivity index (χ4v) is 7.54. The molecule has 182 valence electrons. The van der Waals surface area contributed by atoms with Crippen molar-refractivity contribution in [2.75, 3.05) is 20.7 Å². The maximum absolute atomic E-state index is 13.3. The summed E-state index contributed by atoms with van der Waals surface area (Å²) in [6.45, 7) is 11.0. The molecule has 0 N–H and O–H groups in total. The summed E-state index contributed by atoms with van der Waals surface area (Å²) in [7, 11) is 3.63. The van der Waals surface area contributed by atoms with Crippen LogP contribution in [0.3, 0.4) is 0 Å². The lowest BCUT2D eigenvalue weighted by Gasteiger charge is -2.62. The molecule has 1 unspecified atom stereocenters. The van der Waals surface area contributed by atoms with Crippen molar-refractivity contribution in [3.8, 4) is 5.75 Å². The van der Waals surface area contributed by atoms with Crippen LogP contribution in [-0.4, -0.2) is 60.7 Å². The number of rotatable bonds is 5. The lowest BCUT2D eigenvalue weighted by molar-refractivity contribution is -0.121. The molecule has 2 fully saturated rings. The highest BCUT2D eigenvalue weighted by Crippen LogP contribution is 2.68. The normalized spacial score (nSPS) is 31.3. The first-order valence-corrected chi connectivity index (χ1v) is 12.4. The highest BCUT2D eigenvalue weighted by molar-refractivity contribution is 5.70. The second-order valence-electron chi connectivity index (χ2n) is 11.4. The average molecular weight is 457 g/mol. The van der Waals surface area contributed by atoms with E-state index in [1.54, 1.807) is 7.11 Å². The first-order valence-electron chi connectivity index (χ1n) is 12.4. The number of fused-ring (bicyclic) bond motifs is 1. The van der Waals surface area contributed by atoms with Gasteiger partial charge in [0.15, 0.2) is 0 Å². The van der Waals surface area contributed by atoms with Gasteiger partial charge in [0.2, 0.25) is 6.41 Å². The quantitative estimate of drug-likeness (QED) is 0.598. The minimum atomic E-state index is -0.523. The molecule has 3 aliphatic rings. The Balaban J connectivity index is 1.86. The molecular formula is C27H40N2O4. The molecule has 33 heavy (non-hydrogen) atoms. The van der Waals surface area contributed by atoms with Crippen molar-refractivity contribution in [2.24, 2.45) is 11.3 Å². The van der Waals surface area contributed by atoms with Gasteiger partial charge in [0.1, 0.15) is 11.4 Å². The number of hydrogen-bond acceptors (Lipinski definition) is 4. The third-order valence-electron chi connectivity index (χ3n) is 8.90. The van der Waals surface area contributed by atoms with Gasteiger partial charge in [-0.2, -0.15) is 0 Å². The minimum Gasteiger partial charge on any atom is -0.497 e. The number of carbonyl (C=O) groups is 2. The van der Waals surface area contributed by atoms with Crippen LogP contribution in [0.5, 0.6) is 5.75 Å². The molecule has 4 rings (SSSR count). The van der Waals surface area contributed by atoms with E-state index >= 15 is 0 Å². The van der Waals surface area contributed by atoms with E-state index in [-0.39, 0.29) is 29.0 Å². The van der Waals surface area contributed by atoms with Crippen molar-refractivity contribution in [3.63, 3.8) is 0 Å². The van der Waals surface area contributed by atoms with Crippen LogP contribution >= 0.6 is 0 Å². The van der Waals surface area contributed by atoms with Crippen LogP contribution in [0.4, 0.5) is 4.79 Å². The smallest absolute Gasteiger partial charge is 0.410 e. The van der Waals surface area contributed by atoms with Gasteiger partial charge < -0.3 is 19.3 Å². The summed E-state index contributed by atoms with van der Waals surface area (Å²) >= 11 is 0. The minimum absolute atomic E-state index is 0.0750. The van der Waals surface area contributed by atoms with Crippen LogP contribution in [0.1, 0.15) is 71.4 Å². The fraction of sp³-hybridized carbons (Fsp3) is 0.704. The molecule has 1 aromatic rings. The lowest BCUT2D eigenvalue weighted by Crippen LogP contribution is -2.67. The van der Waals surface area contributed by atoms with Crippen LogP contribution in [0.15, 0.2) is 18.2 Å². The van der Waals surface area contributed by atoms with Crippen molar-refractivity contribution < 1.29 is 19.1 Å². The Kier molecular flexibility index (Phi) is 5.95. The van der Waals surface area contributed by atoms with Gasteiger partial charge in [0.25, 0.3) is 0 Å². The molecule has 1 heterocycles. The highest BCUT2D eigenvalue weighted by atomic mass is 16.6. The van der Waals surface area contributed by atoms with Gasteiger partial charge in [0.05, 0.1) is 7.11 Å². The number of nitrogens with zero attached hydrogens (tertiary/aromatic N) is 2. The molecule has 2 amide bonds. The van der Waals surface area contributed by atoms with Gasteiger partial charge in [-0.1, -0.05) is 19.9 Å². The summed E-state index contributed by atoms with van der Waals surface area (Å²) in [5, 5.41) is 0. The zero-order chi connectivity index (χ0) is 24.2. The Morgan fingerprint density at radius 2 is 2.06 bits per heavy atom. The summed E-state index contributed by atoms with van der Waals surface area (Å²) < 4.78 is 11.5. The average Bonchev–Trinajstić information content (AvgIpc) is 3.07. The van der Waals surface area contributed by atoms with Crippen molar-refractivity contribution in [3.05, 3.63) is 29.3 Å². The molecule has 6 nitrogen and oxygen atoms in total. The van der Waals surface area contributed by atoms with E-state index in [2.05, 4.69) is 26.0 Å². The number of methoxy groups -OCH3 is 1. The molecule has 1 saturated heterocycles. The summed E-state index contributed by atoms with van der Waals surface area (Å²) in [4.78, 5) is 29.0. The maximum Gasteiger partial charge on any atom is 0.410 e. The molecule has 1 saturated carbocycles. The molecule has 0 radical (unpaired) electrons. The molecule has 2 bridgehead atoms. The third-order valence-corrected chi connectivity index (χ3v) is 8.90. The van der Waals surface area contributed by atoms with Crippen LogP contribution in [0.25, 0.3) is 0 Å². The monoisotopic (exact) mass is 456 g/mol. The first-order chi connectivity index (χ1) is 15.5. The Bertz CT molecular complexity index is 925. The van der Waals surface area contributed by atoms with Crippen molar-refractivity contribution in [1.82, 2.24) is 9.80 Å². The standard InChI is InChI=1S/C27H40N2O4/c1-8-22(28(6)17-30)20-11-12-26(5)23-15-18-9-10-19(32-7)16-21(18)27(20,26)13-14-29(23)24(31)33-25(2,3)4/h9-10,16-17,20,22-23H,8,11-15H2,1-7H3/t20-,22+,23+,26-,27?/m1/s1. The summed E-state index contributed by atoms with van der Waals surface area (Å²) in [6.07, 6.45) is 5.45. The van der Waals surface area contributed by atoms with Crippen molar-refractivity contribution >= 4 is 12.5 Å². The highest BCUT2D eigenvalue weighted by Gasteiger charge is 2.68. The molecule has 0 aromatic heterocycles. The van der Waals surface area contributed by atoms with E-state index in [0.29, 0.717) is 12.5 Å². The fourth-order valence-electron chi connectivity index (χ4n) is 7.54. The second kappa shape index (κ2) is 8.21. The molecule has 1 aliphatic heterocycles. The van der Waals surface area contributed by atoms with Gasteiger partial charge in [-0.15, -0.1) is 0 Å². The third kappa shape index (κ3) is 3.52. The Morgan fingerprint density at radius 3 is 2.67 bits per heavy atom. The summed E-state index contributed by atoms with van der Waals surface area (Å²) in [5.74, 6) is 1.21. The van der Waals surface area contributed by atoms with Crippen LogP contribution < -0.4 is 4.74 Å². The van der Waals surface area contributed by atoms with Gasteiger partial charge >= 0.3 is 6.09 Å². The maximum atomic E-state index is 13.3. The Morgan fingerprint density at radius 1 is 1.33 bits per heavy atom. The van der Waals surface area contributed by atoms with E-state index in [9.17, 15) is 9.59 Å². The number of ether oxygens (including phenoxy) is 2. The lowest BCUT2D eigenvalue weighted by atomic mass is 9.48. The van der Waals surface area contributed by atoms with Crippen molar-refractivity contribution in [2.45, 2.75) is 89.8 Å². The molecule has 1 aromatic carbocycles. The van der Waals surface area contributed by atoms with Gasteiger partial charge in [-0.25, -0.2) is 4.79 Å². The largest absolute Gasteiger partial charge is 0.497 e. The number of amides is 2. The van der Waals surface area contributed by atoms with Crippen molar-refractivity contribution in [1.29, 1.82) is 0 Å². The topological polar surface area (TPSA) is 59.1 Å². The van der Waals surface area contributed by atoms with E-state index in [1.807, 2.05) is 43.7 Å². The van der Waals surface area contributed by atoms with E-state index in [0.717, 1.165) is 44.3 Å². The Labute approximate surface area is 198 Å². The molecular weight excluding hydrogens is 416 g/mol. The zero-order valence-electron chi connectivity index (χ0n) is 21.3. The number of hydrogen-bond donors (Lipinski definition) is 0. The molecule has 2 aliphatic carbocycles. The second-order valence-corrected chi connectivity index (χ2v) is 11.4. The predicted octanol–water partition coefficient (Wildman–Crippen LogP) is 4.78. The van der Waals surface area contributed by atoms with Gasteiger partial charge in [0, 0.05) is 31.1 Å². The molecule has 6 heteroatoms. The van der Waals surface area contributed by atoms with Crippen LogP contribution in [-0.2, 0) is 21.4 Å². The van der Waals surface area contributed by atoms with Gasteiger partial charge in [-0.3, -0.25) is 4.79 Å². The predicted molar refractivity (Wildman–Crippen MR) is 128 cm³/mol. The number of piperidine rings is 1. The number of benzene rings is 1. The van der Waals surface area contributed by atoms with E-state index < -0.39 is 5.60 Å². The first kappa shape index (κ1) is 23.9. The molecule has 5 atom stereocenters. The van der Waals surface area contributed by atoms with E-state index in [4.69, 9.17) is 9.47 Å². The van der Waals surface area contributed by atoms with E-state index in [1.165, 1.54) is 11.1 Å². The number of carbonyl (C=O) groups excluding carboxylic acids is 2. The van der Waals surface area contributed by atoms with Crippen LogP contribution in [0, 0.1) is 11.3 Å². The Hall–Kier alpha value is -2.24. The zero-order valence-corrected chi connectivity index (χ0v) is 21.3. The summed E-state index contributed by atoms with van der Waals surface area (Å²) in [6, 6.07) is 6.69. The van der Waals surface area contributed by atoms with Gasteiger partial charge in [-0.05, 0) is 87.5 Å².